The van der Waals surface area contributed by atoms with Gasteiger partial charge in [0.2, 0.25) is 21.8 Å². The molecule has 0 aliphatic heterocycles. The molecule has 31 heavy (non-hydrogen) atoms. The molecule has 1 aromatic heterocycles. The molecule has 0 atom stereocenters. The second kappa shape index (κ2) is 9.23. The molecule has 164 valence electrons. The first-order valence-electron chi connectivity index (χ1n) is 9.60. The van der Waals surface area contributed by atoms with Crippen LogP contribution in [0, 0.1) is 0 Å². The Labute approximate surface area is 180 Å². The van der Waals surface area contributed by atoms with E-state index in [-0.39, 0.29) is 23.1 Å². The lowest BCUT2D eigenvalue weighted by Crippen LogP contribution is -2.22. The van der Waals surface area contributed by atoms with E-state index in [1.807, 2.05) is 0 Å². The number of fused-ring (bicyclic) bond motifs is 1. The lowest BCUT2D eigenvalue weighted by Gasteiger charge is -2.11. The summed E-state index contributed by atoms with van der Waals surface area (Å²) in [6, 6.07) is 11.5. The number of benzene rings is 2. The molecule has 0 aliphatic carbocycles. The van der Waals surface area contributed by atoms with Crippen LogP contribution in [0.1, 0.15) is 19.8 Å². The van der Waals surface area contributed by atoms with Crippen LogP contribution in [0.25, 0.3) is 11.0 Å². The molecule has 2 aromatic carbocycles. The van der Waals surface area contributed by atoms with E-state index < -0.39 is 10.0 Å². The van der Waals surface area contributed by atoms with Crippen molar-refractivity contribution in [2.45, 2.75) is 31.2 Å². The van der Waals surface area contributed by atoms with Gasteiger partial charge in [0, 0.05) is 45.4 Å². The summed E-state index contributed by atoms with van der Waals surface area (Å²) in [5, 5.41) is 13.6. The number of hydrogen-bond donors (Lipinski definition) is 2. The molecular formula is C20H24N6O4S. The van der Waals surface area contributed by atoms with E-state index in [9.17, 15) is 18.0 Å². The van der Waals surface area contributed by atoms with Gasteiger partial charge in [0.1, 0.15) is 5.52 Å². The van der Waals surface area contributed by atoms with Crippen LogP contribution in [0.5, 0.6) is 0 Å². The minimum atomic E-state index is -3.54. The summed E-state index contributed by atoms with van der Waals surface area (Å²) in [6.07, 6.45) is 0.813. The topological polar surface area (TPSA) is 126 Å². The Morgan fingerprint density at radius 3 is 2.29 bits per heavy atom. The first-order valence-corrected chi connectivity index (χ1v) is 11.0. The quantitative estimate of drug-likeness (QED) is 0.548. The summed E-state index contributed by atoms with van der Waals surface area (Å²) in [6.45, 7) is 1.89. The van der Waals surface area contributed by atoms with Gasteiger partial charge >= 0.3 is 0 Å². The molecule has 0 spiro atoms. The molecule has 0 saturated heterocycles. The number of carbonyl (C=O) groups excluding carboxylic acids is 2. The Hall–Kier alpha value is -3.31. The number of carbonyl (C=O) groups is 2. The molecule has 1 heterocycles. The summed E-state index contributed by atoms with van der Waals surface area (Å²) in [5.74, 6) is -0.302. The predicted octanol–water partition coefficient (Wildman–Crippen LogP) is 2.06. The predicted molar refractivity (Wildman–Crippen MR) is 117 cm³/mol. The smallest absolute Gasteiger partial charge is 0.242 e. The number of amides is 2. The molecule has 3 rings (SSSR count). The number of nitrogens with zero attached hydrogens (tertiary/aromatic N) is 4. The van der Waals surface area contributed by atoms with Crippen molar-refractivity contribution >= 4 is 44.2 Å². The lowest BCUT2D eigenvalue weighted by molar-refractivity contribution is -0.116. The van der Waals surface area contributed by atoms with Crippen molar-refractivity contribution in [2.24, 2.45) is 0 Å². The van der Waals surface area contributed by atoms with Crippen LogP contribution in [-0.4, -0.2) is 53.6 Å². The molecule has 0 fully saturated rings. The Balaban J connectivity index is 1.56. The van der Waals surface area contributed by atoms with Gasteiger partial charge in [-0.1, -0.05) is 5.21 Å². The average molecular weight is 445 g/mol. The Bertz CT molecular complexity index is 1200. The number of hydrogen-bond acceptors (Lipinski definition) is 6. The first kappa shape index (κ1) is 22.4. The van der Waals surface area contributed by atoms with Crippen molar-refractivity contribution in [2.75, 3.05) is 24.7 Å². The minimum Gasteiger partial charge on any atom is -0.326 e. The van der Waals surface area contributed by atoms with E-state index in [1.54, 1.807) is 35.0 Å². The van der Waals surface area contributed by atoms with Gasteiger partial charge in [-0.3, -0.25) is 9.59 Å². The van der Waals surface area contributed by atoms with Crippen LogP contribution in [0.4, 0.5) is 11.4 Å². The zero-order chi connectivity index (χ0) is 22.6. The van der Waals surface area contributed by atoms with Gasteiger partial charge in [-0.2, -0.15) is 0 Å². The minimum absolute atomic E-state index is 0.143. The van der Waals surface area contributed by atoms with Crippen LogP contribution in [0.15, 0.2) is 47.4 Å². The van der Waals surface area contributed by atoms with Crippen LogP contribution in [-0.2, 0) is 26.2 Å². The molecule has 0 aliphatic rings. The number of nitrogens with one attached hydrogen (secondary N) is 2. The summed E-state index contributed by atoms with van der Waals surface area (Å²) in [5.41, 5.74) is 2.48. The van der Waals surface area contributed by atoms with Gasteiger partial charge in [0.05, 0.1) is 10.4 Å². The molecule has 2 N–H and O–H groups in total. The highest BCUT2D eigenvalue weighted by atomic mass is 32.2. The fraction of sp³-hybridized carbons (Fsp3) is 0.300. The van der Waals surface area contributed by atoms with Crippen molar-refractivity contribution in [3.8, 4) is 0 Å². The molecule has 3 aromatic rings. The van der Waals surface area contributed by atoms with Gasteiger partial charge in [-0.05, 0) is 48.9 Å². The second-order valence-electron chi connectivity index (χ2n) is 7.16. The van der Waals surface area contributed by atoms with Gasteiger partial charge in [-0.25, -0.2) is 17.4 Å². The Morgan fingerprint density at radius 2 is 1.68 bits per heavy atom. The summed E-state index contributed by atoms with van der Waals surface area (Å²) in [7, 11) is -0.601. The maximum absolute atomic E-state index is 12.3. The van der Waals surface area contributed by atoms with Crippen molar-refractivity contribution in [3.05, 3.63) is 42.5 Å². The fourth-order valence-corrected chi connectivity index (χ4v) is 3.86. The highest BCUT2D eigenvalue weighted by molar-refractivity contribution is 7.89. The van der Waals surface area contributed by atoms with E-state index in [0.717, 1.165) is 4.31 Å². The van der Waals surface area contributed by atoms with Gasteiger partial charge in [0.25, 0.3) is 0 Å². The van der Waals surface area contributed by atoms with Crippen LogP contribution in [0.2, 0.25) is 0 Å². The SMILES string of the molecule is CC(=O)Nc1ccc(NC(=O)CCCn2nnc3cc(S(=O)(=O)N(C)C)ccc32)cc1. The monoisotopic (exact) mass is 444 g/mol. The van der Waals surface area contributed by atoms with Crippen LogP contribution in [0.3, 0.4) is 0 Å². The average Bonchev–Trinajstić information content (AvgIpc) is 3.11. The van der Waals surface area contributed by atoms with Crippen molar-refractivity contribution < 1.29 is 18.0 Å². The maximum Gasteiger partial charge on any atom is 0.242 e. The molecule has 11 heteroatoms. The summed E-state index contributed by atoms with van der Waals surface area (Å²) < 4.78 is 27.3. The van der Waals surface area contributed by atoms with E-state index in [2.05, 4.69) is 20.9 Å². The standard InChI is InChI=1S/C20H24N6O4S/c1-14(27)21-15-6-8-16(9-7-15)22-20(28)5-4-12-26-19-11-10-17(13-18(19)23-24-26)31(29,30)25(2)3/h6-11,13H,4-5,12H2,1-3H3,(H,21,27)(H,22,28). The zero-order valence-electron chi connectivity index (χ0n) is 17.5. The zero-order valence-corrected chi connectivity index (χ0v) is 18.3. The van der Waals surface area contributed by atoms with E-state index in [1.165, 1.54) is 33.2 Å². The highest BCUT2D eigenvalue weighted by Crippen LogP contribution is 2.20. The van der Waals surface area contributed by atoms with Gasteiger partial charge in [0.15, 0.2) is 0 Å². The van der Waals surface area contributed by atoms with Crippen LogP contribution >= 0.6 is 0 Å². The molecule has 2 amide bonds. The Kier molecular flexibility index (Phi) is 6.66. The third-order valence-corrected chi connectivity index (χ3v) is 6.34. The van der Waals surface area contributed by atoms with Crippen LogP contribution < -0.4 is 10.6 Å². The molecule has 10 nitrogen and oxygen atoms in total. The molecule has 0 saturated carbocycles. The number of rotatable bonds is 8. The lowest BCUT2D eigenvalue weighted by atomic mass is 10.2. The second-order valence-corrected chi connectivity index (χ2v) is 9.31. The van der Waals surface area contributed by atoms with E-state index >= 15 is 0 Å². The number of sulfonamides is 1. The molecule has 0 bridgehead atoms. The molecular weight excluding hydrogens is 420 g/mol. The van der Waals surface area contributed by atoms with Gasteiger partial charge in [-0.15, -0.1) is 5.10 Å². The summed E-state index contributed by atoms with van der Waals surface area (Å²) in [4.78, 5) is 23.4. The third-order valence-electron chi connectivity index (χ3n) is 4.53. The molecule has 0 radical (unpaired) electrons. The number of aryl methyl sites for hydroxylation is 1. The van der Waals surface area contributed by atoms with Crippen molar-refractivity contribution in [3.63, 3.8) is 0 Å². The number of aromatic nitrogens is 3. The van der Waals surface area contributed by atoms with E-state index in [0.29, 0.717) is 35.4 Å². The number of anilines is 2. The van der Waals surface area contributed by atoms with Gasteiger partial charge < -0.3 is 10.6 Å². The highest BCUT2D eigenvalue weighted by Gasteiger charge is 2.18. The Morgan fingerprint density at radius 1 is 1.03 bits per heavy atom. The third kappa shape index (κ3) is 5.44. The fourth-order valence-electron chi connectivity index (χ4n) is 2.94. The maximum atomic E-state index is 12.3. The van der Waals surface area contributed by atoms with Crippen molar-refractivity contribution in [1.29, 1.82) is 0 Å². The van der Waals surface area contributed by atoms with E-state index in [4.69, 9.17) is 0 Å². The summed E-state index contributed by atoms with van der Waals surface area (Å²) >= 11 is 0. The first-order chi connectivity index (χ1) is 14.7. The molecule has 0 unspecified atom stereocenters. The normalized spacial score (nSPS) is 11.6. The van der Waals surface area contributed by atoms with Crippen molar-refractivity contribution in [1.82, 2.24) is 19.3 Å². The largest absolute Gasteiger partial charge is 0.326 e.